The first kappa shape index (κ1) is 33.5. The van der Waals surface area contributed by atoms with Gasteiger partial charge in [0.25, 0.3) is 10.2 Å². The fourth-order valence-corrected chi connectivity index (χ4v) is 8.38. The smallest absolute Gasteiger partial charge is 0.281 e. The lowest BCUT2D eigenvalue weighted by Gasteiger charge is -2.36. The third-order valence-corrected chi connectivity index (χ3v) is 11.9. The van der Waals surface area contributed by atoms with Gasteiger partial charge in [-0.25, -0.2) is 4.98 Å². The molecule has 16 heteroatoms. The second-order valence-electron chi connectivity index (χ2n) is 12.6. The van der Waals surface area contributed by atoms with Crippen LogP contribution in [0, 0.1) is 0 Å². The van der Waals surface area contributed by atoms with Crippen molar-refractivity contribution in [2.45, 2.75) is 56.4 Å². The number of likely N-dealkylation sites (N-methyl/N-ethyl adjacent to an activating group) is 1. The van der Waals surface area contributed by atoms with Crippen molar-refractivity contribution in [3.8, 4) is 5.88 Å². The van der Waals surface area contributed by atoms with Crippen LogP contribution in [0.2, 0.25) is 5.02 Å². The van der Waals surface area contributed by atoms with Gasteiger partial charge in [0.15, 0.2) is 0 Å². The Morgan fingerprint density at radius 3 is 2.55 bits per heavy atom. The van der Waals surface area contributed by atoms with Crippen LogP contribution in [-0.4, -0.2) is 113 Å². The number of hydrogen-bond acceptors (Lipinski definition) is 10. The molecule has 0 saturated carbocycles. The van der Waals surface area contributed by atoms with Gasteiger partial charge in [0.2, 0.25) is 23.6 Å². The molecule has 2 N–H and O–H groups in total. The highest BCUT2D eigenvalue weighted by molar-refractivity contribution is 7.86. The minimum atomic E-state index is -3.57. The molecule has 0 bridgehead atoms. The number of imide groups is 1. The average molecular weight is 688 g/mol. The highest BCUT2D eigenvalue weighted by Crippen LogP contribution is 2.34. The Kier molecular flexibility index (Phi) is 9.99. The highest BCUT2D eigenvalue weighted by atomic mass is 35.5. The van der Waals surface area contributed by atoms with E-state index < -0.39 is 16.1 Å². The van der Waals surface area contributed by atoms with Gasteiger partial charge in [0.1, 0.15) is 5.02 Å². The van der Waals surface area contributed by atoms with Crippen molar-refractivity contribution >= 4 is 50.5 Å². The predicted molar refractivity (Wildman–Crippen MR) is 178 cm³/mol. The van der Waals surface area contributed by atoms with Crippen LogP contribution in [0.1, 0.15) is 61.6 Å². The molecule has 47 heavy (non-hydrogen) atoms. The van der Waals surface area contributed by atoms with Crippen LogP contribution in [-0.2, 0) is 26.8 Å². The van der Waals surface area contributed by atoms with E-state index in [1.54, 1.807) is 11.4 Å². The summed E-state index contributed by atoms with van der Waals surface area (Å²) in [6.07, 6.45) is 5.50. The molecule has 1 atom stereocenters. The van der Waals surface area contributed by atoms with Gasteiger partial charge in [-0.15, -0.1) is 0 Å². The fourth-order valence-electron chi connectivity index (χ4n) is 6.83. The maximum Gasteiger partial charge on any atom is 0.281 e. The number of benzene rings is 1. The van der Waals surface area contributed by atoms with Gasteiger partial charge in [-0.1, -0.05) is 23.7 Å². The highest BCUT2D eigenvalue weighted by Gasteiger charge is 2.33. The van der Waals surface area contributed by atoms with E-state index in [1.807, 2.05) is 11.7 Å². The van der Waals surface area contributed by atoms with Crippen LogP contribution in [0.5, 0.6) is 5.88 Å². The van der Waals surface area contributed by atoms with E-state index in [1.165, 1.54) is 23.2 Å². The molecule has 2 amide bonds. The Morgan fingerprint density at radius 2 is 1.85 bits per heavy atom. The van der Waals surface area contributed by atoms with E-state index in [9.17, 15) is 18.0 Å². The van der Waals surface area contributed by atoms with E-state index >= 15 is 0 Å². The molecule has 3 aromatic rings. The normalized spacial score (nSPS) is 21.0. The summed E-state index contributed by atoms with van der Waals surface area (Å²) in [5.41, 5.74) is 2.95. The number of fused-ring (bicyclic) bond motifs is 1. The third kappa shape index (κ3) is 7.23. The molecule has 3 aliphatic heterocycles. The van der Waals surface area contributed by atoms with Gasteiger partial charge in [-0.3, -0.25) is 19.6 Å². The van der Waals surface area contributed by atoms with Gasteiger partial charge in [0.05, 0.1) is 30.4 Å². The summed E-state index contributed by atoms with van der Waals surface area (Å²) in [5, 5.41) is 11.7. The number of ether oxygens (including phenoxy) is 1. The number of nitrogens with zero attached hydrogens (tertiary/aromatic N) is 7. The second-order valence-corrected chi connectivity index (χ2v) is 15.0. The van der Waals surface area contributed by atoms with E-state index in [4.69, 9.17) is 16.3 Å². The number of rotatable bonds is 10. The quantitative estimate of drug-likeness (QED) is 0.304. The number of amides is 2. The number of piperidine rings is 3. The molecule has 6 rings (SSSR count). The summed E-state index contributed by atoms with van der Waals surface area (Å²) < 4.78 is 36.7. The Morgan fingerprint density at radius 1 is 1.11 bits per heavy atom. The first-order valence-corrected chi connectivity index (χ1v) is 17.9. The van der Waals surface area contributed by atoms with Crippen molar-refractivity contribution in [3.63, 3.8) is 0 Å². The van der Waals surface area contributed by atoms with Crippen LogP contribution in [0.4, 0.5) is 5.95 Å². The number of hydrogen-bond donors (Lipinski definition) is 2. The Balaban J connectivity index is 0.975. The largest absolute Gasteiger partial charge is 0.480 e. The molecule has 0 radical (unpaired) electrons. The van der Waals surface area contributed by atoms with Gasteiger partial charge in [0, 0.05) is 58.1 Å². The van der Waals surface area contributed by atoms with Crippen LogP contribution >= 0.6 is 11.6 Å². The van der Waals surface area contributed by atoms with Crippen molar-refractivity contribution < 1.29 is 22.7 Å². The van der Waals surface area contributed by atoms with Crippen LogP contribution < -0.4 is 15.4 Å². The lowest BCUT2D eigenvalue weighted by Crippen LogP contribution is -2.49. The minimum Gasteiger partial charge on any atom is -0.480 e. The molecule has 3 aliphatic rings. The van der Waals surface area contributed by atoms with E-state index in [2.05, 4.69) is 48.8 Å². The fraction of sp³-hybridized carbons (Fsp3) is 0.581. The minimum absolute atomic E-state index is 0.0462. The van der Waals surface area contributed by atoms with E-state index in [-0.39, 0.29) is 17.9 Å². The van der Waals surface area contributed by atoms with Crippen molar-refractivity contribution in [3.05, 3.63) is 40.7 Å². The molecular weight excluding hydrogens is 646 g/mol. The number of aromatic nitrogens is 4. The number of methoxy groups -OCH3 is 1. The molecule has 0 spiro atoms. The van der Waals surface area contributed by atoms with Crippen molar-refractivity contribution in [2.75, 3.05) is 58.7 Å². The van der Waals surface area contributed by atoms with Gasteiger partial charge in [-0.2, -0.15) is 27.1 Å². The maximum absolute atomic E-state index is 13.4. The van der Waals surface area contributed by atoms with Gasteiger partial charge < -0.3 is 15.0 Å². The zero-order chi connectivity index (χ0) is 33.3. The Labute approximate surface area is 280 Å². The molecule has 0 aliphatic carbocycles. The number of nitrogens with one attached hydrogen (secondary N) is 2. The molecule has 14 nitrogen and oxygen atoms in total. The molecule has 5 heterocycles. The summed E-state index contributed by atoms with van der Waals surface area (Å²) in [6, 6.07) is 6.42. The number of anilines is 1. The van der Waals surface area contributed by atoms with Crippen molar-refractivity contribution in [2.24, 2.45) is 7.05 Å². The monoisotopic (exact) mass is 687 g/mol. The number of halogens is 1. The van der Waals surface area contributed by atoms with Crippen LogP contribution in [0.3, 0.4) is 0 Å². The lowest BCUT2D eigenvalue weighted by molar-refractivity contribution is -0.134. The molecule has 1 aromatic carbocycles. The predicted octanol–water partition coefficient (Wildman–Crippen LogP) is 2.48. The number of carbonyl (C=O) groups is 2. The van der Waals surface area contributed by atoms with E-state index in [0.717, 1.165) is 42.5 Å². The first-order chi connectivity index (χ1) is 22.5. The summed E-state index contributed by atoms with van der Waals surface area (Å²) in [5.74, 6) is 0.164. The zero-order valence-corrected chi connectivity index (χ0v) is 28.6. The first-order valence-electron chi connectivity index (χ1n) is 16.1. The molecule has 1 unspecified atom stereocenters. The Hall–Kier alpha value is -3.37. The van der Waals surface area contributed by atoms with Crippen LogP contribution in [0.25, 0.3) is 10.9 Å². The van der Waals surface area contributed by atoms with E-state index in [0.29, 0.717) is 74.6 Å². The lowest BCUT2D eigenvalue weighted by atomic mass is 9.88. The topological polar surface area (TPSA) is 155 Å². The summed E-state index contributed by atoms with van der Waals surface area (Å²) in [4.78, 5) is 34.9. The molecule has 254 valence electrons. The zero-order valence-electron chi connectivity index (χ0n) is 27.0. The number of aryl methyl sites for hydroxylation is 1. The SMILES string of the molecule is COc1nc(NC2CCN(S(=O)(=O)N(C)CCN3CCC(c4ccc5c(C6CCC(=O)NC6=O)nn(C)c5c4)CC3)CC2)ncc1Cl. The standard InChI is InChI=1S/C31H42ClN9O5S/c1-38(47(44,45)41-14-10-22(11-15-41)34-31-33-19-25(32)30(36-31)46-3)16-17-40-12-8-20(9-13-40)21-4-5-23-26(18-21)39(2)37-28(23)24-6-7-27(42)35-29(24)43/h4-5,18-20,22,24H,6-17H2,1-3H3,(H,33,34,36)(H,35,42,43). The summed E-state index contributed by atoms with van der Waals surface area (Å²) in [7, 11) is 1.47. The molecular formula is C31H42ClN9O5S. The third-order valence-electron chi connectivity index (χ3n) is 9.68. The Bertz CT molecular complexity index is 1740. The average Bonchev–Trinajstić information content (AvgIpc) is 3.40. The number of likely N-dealkylation sites (tertiary alicyclic amines) is 1. The van der Waals surface area contributed by atoms with Gasteiger partial charge >= 0.3 is 0 Å². The molecule has 3 fully saturated rings. The maximum atomic E-state index is 13.4. The summed E-state index contributed by atoms with van der Waals surface area (Å²) >= 11 is 6.02. The van der Waals surface area contributed by atoms with Crippen molar-refractivity contribution in [1.29, 1.82) is 0 Å². The molecule has 3 saturated heterocycles. The van der Waals surface area contributed by atoms with Gasteiger partial charge in [-0.05, 0) is 62.7 Å². The second kappa shape index (κ2) is 14.0. The summed E-state index contributed by atoms with van der Waals surface area (Å²) in [6.45, 7) is 3.70. The molecule has 2 aromatic heterocycles. The van der Waals surface area contributed by atoms with Crippen LogP contribution in [0.15, 0.2) is 24.4 Å². The van der Waals surface area contributed by atoms with Crippen molar-refractivity contribution in [1.82, 2.24) is 38.6 Å². The number of carbonyl (C=O) groups excluding carboxylic acids is 2.